The van der Waals surface area contributed by atoms with E-state index in [1.807, 2.05) is 0 Å². The second kappa shape index (κ2) is 9.68. The number of hydrogen-bond donors (Lipinski definition) is 0. The van der Waals surface area contributed by atoms with E-state index >= 15 is 8.78 Å². The normalized spacial score (nSPS) is 15.1. The minimum Gasteiger partial charge on any atom is -0.486 e. The van der Waals surface area contributed by atoms with Crippen molar-refractivity contribution in [3.8, 4) is 34.4 Å². The first kappa shape index (κ1) is 25.9. The lowest BCUT2D eigenvalue weighted by Gasteiger charge is -2.30. The molecule has 0 saturated heterocycles. The first-order chi connectivity index (χ1) is 19.1. The lowest BCUT2D eigenvalue weighted by molar-refractivity contribution is -0.140. The Morgan fingerprint density at radius 2 is 1.88 bits per heavy atom. The molecule has 40 heavy (non-hydrogen) atoms. The number of alkyl halides is 3. The summed E-state index contributed by atoms with van der Waals surface area (Å²) in [5.74, 6) is -0.427. The number of ether oxygens (including phenoxy) is 2. The topological polar surface area (TPSA) is 91.1 Å². The van der Waals surface area contributed by atoms with Gasteiger partial charge in [0.2, 0.25) is 5.88 Å². The standard InChI is InChI=1S/C26H22F5N7O2/c1-37-11-19(26(29,30)31)35-23(37)15-8-16(27)14(7-17(15)28)10-38-5-6-40-18-9-32-22(36-24(18)38)20-21(13-3-4-13)33-12-34-25(20)39-2/h7-9,11-13H,3-6,10H2,1-2H3. The van der Waals surface area contributed by atoms with Crippen molar-refractivity contribution < 1.29 is 31.4 Å². The maximum absolute atomic E-state index is 15.3. The minimum atomic E-state index is -4.72. The molecule has 6 rings (SSSR count). The van der Waals surface area contributed by atoms with Gasteiger partial charge < -0.3 is 18.9 Å². The number of fused-ring (bicyclic) bond motifs is 1. The van der Waals surface area contributed by atoms with Gasteiger partial charge in [-0.3, -0.25) is 0 Å². The molecule has 4 aromatic rings. The Hall–Kier alpha value is -4.36. The molecule has 0 bridgehead atoms. The van der Waals surface area contributed by atoms with E-state index in [1.165, 1.54) is 26.7 Å². The van der Waals surface area contributed by atoms with Crippen LogP contribution < -0.4 is 14.4 Å². The molecular formula is C26H22F5N7O2. The van der Waals surface area contributed by atoms with Crippen LogP contribution in [-0.2, 0) is 19.8 Å². The van der Waals surface area contributed by atoms with Crippen molar-refractivity contribution in [1.82, 2.24) is 29.5 Å². The van der Waals surface area contributed by atoms with Crippen molar-refractivity contribution in [2.75, 3.05) is 25.2 Å². The monoisotopic (exact) mass is 559 g/mol. The molecule has 1 saturated carbocycles. The van der Waals surface area contributed by atoms with E-state index in [9.17, 15) is 13.2 Å². The van der Waals surface area contributed by atoms with Gasteiger partial charge in [0.05, 0.1) is 31.1 Å². The zero-order valence-corrected chi connectivity index (χ0v) is 21.3. The van der Waals surface area contributed by atoms with Gasteiger partial charge in [0.1, 0.15) is 36.0 Å². The lowest BCUT2D eigenvalue weighted by atomic mass is 10.1. The zero-order chi connectivity index (χ0) is 28.2. The van der Waals surface area contributed by atoms with E-state index in [1.54, 1.807) is 4.90 Å². The van der Waals surface area contributed by atoms with Gasteiger partial charge in [0.25, 0.3) is 0 Å². The van der Waals surface area contributed by atoms with Gasteiger partial charge in [0.15, 0.2) is 23.1 Å². The molecule has 1 fully saturated rings. The van der Waals surface area contributed by atoms with Crippen molar-refractivity contribution in [3.05, 3.63) is 59.4 Å². The van der Waals surface area contributed by atoms with Gasteiger partial charge in [0, 0.05) is 31.3 Å². The van der Waals surface area contributed by atoms with Gasteiger partial charge in [-0.2, -0.15) is 13.2 Å². The summed E-state index contributed by atoms with van der Waals surface area (Å²) >= 11 is 0. The highest BCUT2D eigenvalue weighted by Crippen LogP contribution is 2.45. The minimum absolute atomic E-state index is 0.0150. The quantitative estimate of drug-likeness (QED) is 0.308. The highest BCUT2D eigenvalue weighted by atomic mass is 19.4. The van der Waals surface area contributed by atoms with E-state index in [2.05, 4.69) is 24.9 Å². The van der Waals surface area contributed by atoms with Crippen LogP contribution in [0.15, 0.2) is 30.9 Å². The van der Waals surface area contributed by atoms with Crippen molar-refractivity contribution in [3.63, 3.8) is 0 Å². The van der Waals surface area contributed by atoms with Gasteiger partial charge in [-0.15, -0.1) is 0 Å². The fourth-order valence-corrected chi connectivity index (χ4v) is 4.69. The van der Waals surface area contributed by atoms with E-state index in [0.717, 1.165) is 41.4 Å². The molecule has 2 aliphatic rings. The molecule has 0 unspecified atom stereocenters. The summed E-state index contributed by atoms with van der Waals surface area (Å²) in [5, 5.41) is 0. The maximum Gasteiger partial charge on any atom is 0.434 e. The smallest absolute Gasteiger partial charge is 0.434 e. The summed E-state index contributed by atoms with van der Waals surface area (Å²) < 4.78 is 81.8. The average Bonchev–Trinajstić information content (AvgIpc) is 3.70. The van der Waals surface area contributed by atoms with E-state index in [4.69, 9.17) is 9.47 Å². The fraction of sp³-hybridized carbons (Fsp3) is 0.346. The van der Waals surface area contributed by atoms with Crippen LogP contribution in [0, 0.1) is 11.6 Å². The van der Waals surface area contributed by atoms with E-state index < -0.39 is 23.5 Å². The zero-order valence-electron chi connectivity index (χ0n) is 21.3. The van der Waals surface area contributed by atoms with E-state index in [0.29, 0.717) is 35.4 Å². The molecule has 0 radical (unpaired) electrons. The predicted octanol–water partition coefficient (Wildman–Crippen LogP) is 4.92. The third-order valence-electron chi connectivity index (χ3n) is 6.78. The number of anilines is 1. The number of aryl methyl sites for hydroxylation is 1. The molecule has 0 atom stereocenters. The number of imidazole rings is 1. The Kier molecular flexibility index (Phi) is 6.27. The number of rotatable bonds is 6. The van der Waals surface area contributed by atoms with Crippen LogP contribution in [-0.4, -0.2) is 49.7 Å². The summed E-state index contributed by atoms with van der Waals surface area (Å²) in [6.07, 6.45) is 0.897. The van der Waals surface area contributed by atoms with Crippen LogP contribution in [0.2, 0.25) is 0 Å². The van der Waals surface area contributed by atoms with Crippen LogP contribution in [0.3, 0.4) is 0 Å². The average molecular weight is 559 g/mol. The first-order valence-corrected chi connectivity index (χ1v) is 12.4. The van der Waals surface area contributed by atoms with E-state index in [-0.39, 0.29) is 36.0 Å². The molecule has 208 valence electrons. The summed E-state index contributed by atoms with van der Waals surface area (Å²) in [6.45, 7) is 0.497. The Morgan fingerprint density at radius 1 is 1.07 bits per heavy atom. The molecule has 14 heteroatoms. The number of nitrogens with zero attached hydrogens (tertiary/aromatic N) is 7. The number of aromatic nitrogens is 6. The van der Waals surface area contributed by atoms with Gasteiger partial charge >= 0.3 is 6.18 Å². The molecule has 4 heterocycles. The van der Waals surface area contributed by atoms with Crippen LogP contribution in [0.1, 0.15) is 35.7 Å². The summed E-state index contributed by atoms with van der Waals surface area (Å²) in [7, 11) is 2.78. The van der Waals surface area contributed by atoms with Crippen molar-refractivity contribution in [1.29, 1.82) is 0 Å². The third kappa shape index (κ3) is 4.67. The second-order valence-electron chi connectivity index (χ2n) is 9.55. The Bertz CT molecular complexity index is 1600. The van der Waals surface area contributed by atoms with Crippen LogP contribution in [0.25, 0.3) is 22.8 Å². The molecule has 3 aromatic heterocycles. The molecular weight excluding hydrogens is 537 g/mol. The highest BCUT2D eigenvalue weighted by molar-refractivity contribution is 5.69. The Labute approximate surface area is 224 Å². The number of halogens is 5. The molecule has 0 spiro atoms. The Balaban J connectivity index is 1.34. The third-order valence-corrected chi connectivity index (χ3v) is 6.78. The fourth-order valence-electron chi connectivity index (χ4n) is 4.69. The molecule has 1 aliphatic carbocycles. The van der Waals surface area contributed by atoms with Crippen molar-refractivity contribution in [2.24, 2.45) is 7.05 Å². The van der Waals surface area contributed by atoms with Crippen LogP contribution in [0.5, 0.6) is 11.6 Å². The largest absolute Gasteiger partial charge is 0.486 e. The Morgan fingerprint density at radius 3 is 2.58 bits per heavy atom. The summed E-state index contributed by atoms with van der Waals surface area (Å²) in [4.78, 5) is 22.9. The van der Waals surface area contributed by atoms with Crippen LogP contribution >= 0.6 is 0 Å². The number of benzene rings is 1. The first-order valence-electron chi connectivity index (χ1n) is 12.4. The van der Waals surface area contributed by atoms with Gasteiger partial charge in [-0.05, 0) is 25.0 Å². The summed E-state index contributed by atoms with van der Waals surface area (Å²) in [5.41, 5.74) is -0.245. The molecule has 1 aromatic carbocycles. The van der Waals surface area contributed by atoms with Crippen LogP contribution in [0.4, 0.5) is 27.8 Å². The number of hydrogen-bond acceptors (Lipinski definition) is 8. The molecule has 0 amide bonds. The molecule has 1 aliphatic heterocycles. The number of methoxy groups -OCH3 is 1. The van der Waals surface area contributed by atoms with Crippen molar-refractivity contribution in [2.45, 2.75) is 31.5 Å². The second-order valence-corrected chi connectivity index (χ2v) is 9.55. The molecule has 0 N–H and O–H groups in total. The highest BCUT2D eigenvalue weighted by Gasteiger charge is 2.35. The lowest BCUT2D eigenvalue weighted by Crippen LogP contribution is -2.33. The van der Waals surface area contributed by atoms with Gasteiger partial charge in [-0.25, -0.2) is 33.7 Å². The van der Waals surface area contributed by atoms with Crippen molar-refractivity contribution >= 4 is 5.82 Å². The predicted molar refractivity (Wildman–Crippen MR) is 132 cm³/mol. The molecule has 9 nitrogen and oxygen atoms in total. The van der Waals surface area contributed by atoms with Gasteiger partial charge in [-0.1, -0.05) is 0 Å². The SMILES string of the molecule is COc1ncnc(C2CC2)c1-c1ncc2c(n1)N(Cc1cc(F)c(-c3nc(C(F)(F)F)cn3C)cc1F)CCO2. The summed E-state index contributed by atoms with van der Waals surface area (Å²) in [6, 6.07) is 1.82. The maximum atomic E-state index is 15.3.